The van der Waals surface area contributed by atoms with Gasteiger partial charge in [0.1, 0.15) is 17.3 Å². The predicted octanol–water partition coefficient (Wildman–Crippen LogP) is 6.65. The summed E-state index contributed by atoms with van der Waals surface area (Å²) < 4.78 is 20.6. The molecule has 0 spiro atoms. The number of benzene rings is 2. The van der Waals surface area contributed by atoms with Crippen LogP contribution < -0.4 is 10.2 Å². The van der Waals surface area contributed by atoms with Gasteiger partial charge in [0.25, 0.3) is 0 Å². The Morgan fingerprint density at radius 2 is 1.81 bits per heavy atom. The van der Waals surface area contributed by atoms with Crippen LogP contribution in [-0.2, 0) is 6.54 Å². The number of halogens is 3. The number of rotatable bonds is 7. The molecule has 3 aromatic rings. The first-order chi connectivity index (χ1) is 17.4. The Morgan fingerprint density at radius 1 is 1.11 bits per heavy atom. The van der Waals surface area contributed by atoms with Gasteiger partial charge in [0.15, 0.2) is 0 Å². The number of hydrogen-bond acceptors (Lipinski definition) is 5. The largest absolute Gasteiger partial charge is 0.478 e. The molecule has 2 aliphatic heterocycles. The number of aromatic nitrogens is 1. The summed E-state index contributed by atoms with van der Waals surface area (Å²) in [4.78, 5) is 13.4. The molecule has 3 aliphatic rings. The van der Waals surface area contributed by atoms with Gasteiger partial charge in [-0.2, -0.15) is 0 Å². The van der Waals surface area contributed by atoms with E-state index in [2.05, 4.69) is 15.4 Å². The molecule has 6 rings (SSSR count). The van der Waals surface area contributed by atoms with Gasteiger partial charge in [0.2, 0.25) is 0 Å². The van der Waals surface area contributed by atoms with Gasteiger partial charge in [-0.05, 0) is 68.9 Å². The van der Waals surface area contributed by atoms with Crippen LogP contribution in [0.3, 0.4) is 0 Å². The third kappa shape index (κ3) is 4.27. The molecule has 1 aromatic heterocycles. The molecule has 1 unspecified atom stereocenters. The molecule has 36 heavy (non-hydrogen) atoms. The molecule has 0 amide bonds. The maximum absolute atomic E-state index is 14.8. The number of anilines is 1. The van der Waals surface area contributed by atoms with Gasteiger partial charge in [-0.3, -0.25) is 0 Å². The Balaban J connectivity index is 1.20. The van der Waals surface area contributed by atoms with Crippen molar-refractivity contribution >= 4 is 34.9 Å². The molecule has 3 fully saturated rings. The third-order valence-electron chi connectivity index (χ3n) is 7.74. The van der Waals surface area contributed by atoms with Gasteiger partial charge >= 0.3 is 5.97 Å². The van der Waals surface area contributed by atoms with Crippen LogP contribution in [-0.4, -0.2) is 34.4 Å². The van der Waals surface area contributed by atoms with E-state index in [1.165, 1.54) is 6.07 Å². The highest BCUT2D eigenvalue weighted by molar-refractivity contribution is 6.39. The lowest BCUT2D eigenvalue weighted by atomic mass is 9.95. The van der Waals surface area contributed by atoms with Crippen molar-refractivity contribution in [2.45, 2.75) is 69.1 Å². The molecular formula is C27H26Cl2FN3O3. The lowest BCUT2D eigenvalue weighted by Crippen LogP contribution is -2.49. The number of fused-ring (bicyclic) bond motifs is 2. The van der Waals surface area contributed by atoms with Crippen molar-refractivity contribution in [3.05, 3.63) is 69.1 Å². The van der Waals surface area contributed by atoms with Crippen molar-refractivity contribution in [1.82, 2.24) is 10.5 Å². The highest BCUT2D eigenvalue weighted by Gasteiger charge is 2.42. The average molecular weight is 530 g/mol. The highest BCUT2D eigenvalue weighted by Crippen LogP contribution is 2.46. The Morgan fingerprint density at radius 3 is 2.42 bits per heavy atom. The molecule has 6 nitrogen and oxygen atoms in total. The fourth-order valence-electron chi connectivity index (χ4n) is 5.91. The van der Waals surface area contributed by atoms with Crippen LogP contribution in [0.1, 0.15) is 66.1 Å². The number of hydrogen-bond donors (Lipinski definition) is 2. The second-order valence-electron chi connectivity index (χ2n) is 10.1. The summed E-state index contributed by atoms with van der Waals surface area (Å²) in [6.45, 7) is 0.595. The van der Waals surface area contributed by atoms with E-state index in [1.807, 2.05) is 6.07 Å². The minimum Gasteiger partial charge on any atom is -0.478 e. The first-order valence-corrected chi connectivity index (χ1v) is 13.1. The van der Waals surface area contributed by atoms with Gasteiger partial charge in [-0.25, -0.2) is 9.18 Å². The number of aromatic carboxylic acids is 1. The highest BCUT2D eigenvalue weighted by atomic mass is 35.5. The van der Waals surface area contributed by atoms with Crippen molar-refractivity contribution in [2.75, 3.05) is 4.90 Å². The Hall–Kier alpha value is -2.61. The standard InChI is InChI=1S/C27H26Cl2FN3O3/c28-20-2-1-3-21(29)24(20)25-19(26(36-32-25)14-4-5-14)13-31-16-11-17-7-8-18(12-16)33(17)23-9-6-15(27(34)35)10-22(23)30/h1-3,6,9-10,14,16-18,31H,4-5,7-8,11-13H2,(H,34,35)/t16?,17-,18+. The lowest BCUT2D eigenvalue weighted by molar-refractivity contribution is 0.0696. The van der Waals surface area contributed by atoms with E-state index in [1.54, 1.807) is 18.2 Å². The van der Waals surface area contributed by atoms with E-state index >= 15 is 0 Å². The first-order valence-electron chi connectivity index (χ1n) is 12.4. The zero-order valence-corrected chi connectivity index (χ0v) is 21.0. The van der Waals surface area contributed by atoms with Crippen LogP contribution in [0, 0.1) is 5.82 Å². The van der Waals surface area contributed by atoms with Crippen LogP contribution in [0.2, 0.25) is 10.0 Å². The molecular weight excluding hydrogens is 504 g/mol. The average Bonchev–Trinajstić information content (AvgIpc) is 3.56. The fourth-order valence-corrected chi connectivity index (χ4v) is 6.49. The van der Waals surface area contributed by atoms with Crippen LogP contribution >= 0.6 is 23.2 Å². The number of nitrogens with one attached hydrogen (secondary N) is 1. The van der Waals surface area contributed by atoms with E-state index in [0.717, 1.165) is 55.9 Å². The van der Waals surface area contributed by atoms with Crippen molar-refractivity contribution in [1.29, 1.82) is 0 Å². The molecule has 9 heteroatoms. The van der Waals surface area contributed by atoms with Crippen LogP contribution in [0.5, 0.6) is 0 Å². The molecule has 188 valence electrons. The van der Waals surface area contributed by atoms with E-state index in [9.17, 15) is 9.18 Å². The molecule has 0 radical (unpaired) electrons. The van der Waals surface area contributed by atoms with Crippen molar-refractivity contribution in [2.24, 2.45) is 0 Å². The zero-order valence-electron chi connectivity index (χ0n) is 19.5. The van der Waals surface area contributed by atoms with Gasteiger partial charge in [0.05, 0.1) is 21.3 Å². The monoisotopic (exact) mass is 529 g/mol. The summed E-state index contributed by atoms with van der Waals surface area (Å²) in [5.74, 6) is -0.297. The van der Waals surface area contributed by atoms with Crippen molar-refractivity contribution in [3.8, 4) is 11.3 Å². The molecule has 2 aromatic carbocycles. The number of carboxylic acid groups (broad SMARTS) is 1. The second-order valence-corrected chi connectivity index (χ2v) is 10.9. The van der Waals surface area contributed by atoms with Crippen molar-refractivity contribution in [3.63, 3.8) is 0 Å². The first kappa shape index (κ1) is 23.8. The zero-order chi connectivity index (χ0) is 25.0. The molecule has 1 aliphatic carbocycles. The summed E-state index contributed by atoms with van der Waals surface area (Å²) in [5, 5.41) is 18.4. The normalized spacial score (nSPS) is 23.3. The number of carboxylic acids is 1. The minimum absolute atomic E-state index is 0.0326. The van der Waals surface area contributed by atoms with E-state index in [0.29, 0.717) is 39.5 Å². The van der Waals surface area contributed by atoms with Crippen molar-refractivity contribution < 1.29 is 18.8 Å². The second kappa shape index (κ2) is 9.36. The Labute approximate surface area is 218 Å². The van der Waals surface area contributed by atoms with E-state index in [-0.39, 0.29) is 23.7 Å². The molecule has 2 N–H and O–H groups in total. The molecule has 3 heterocycles. The van der Waals surface area contributed by atoms with Crippen LogP contribution in [0.4, 0.5) is 10.1 Å². The number of nitrogens with zero attached hydrogens (tertiary/aromatic N) is 2. The quantitative estimate of drug-likeness (QED) is 0.356. The van der Waals surface area contributed by atoms with Gasteiger partial charge in [0, 0.05) is 41.7 Å². The summed E-state index contributed by atoms with van der Waals surface area (Å²) in [7, 11) is 0. The predicted molar refractivity (Wildman–Crippen MR) is 136 cm³/mol. The topological polar surface area (TPSA) is 78.6 Å². The molecule has 1 saturated carbocycles. The fraction of sp³-hybridized carbons (Fsp3) is 0.407. The Bertz CT molecular complexity index is 1290. The maximum atomic E-state index is 14.8. The summed E-state index contributed by atoms with van der Waals surface area (Å²) in [6.07, 6.45) is 5.92. The van der Waals surface area contributed by atoms with E-state index in [4.69, 9.17) is 32.8 Å². The third-order valence-corrected chi connectivity index (χ3v) is 8.37. The smallest absolute Gasteiger partial charge is 0.335 e. The molecule has 2 bridgehead atoms. The van der Waals surface area contributed by atoms with E-state index < -0.39 is 11.8 Å². The van der Waals surface area contributed by atoms with Crippen LogP contribution in [0.15, 0.2) is 40.9 Å². The lowest BCUT2D eigenvalue weighted by Gasteiger charge is -2.41. The van der Waals surface area contributed by atoms with Gasteiger partial charge in [-0.15, -0.1) is 0 Å². The molecule has 2 saturated heterocycles. The summed E-state index contributed by atoms with van der Waals surface area (Å²) in [5.41, 5.74) is 2.87. The SMILES string of the molecule is O=C(O)c1ccc(N2[C@@H]3CC[C@H]2CC(NCc2c(-c4c(Cl)cccc4Cl)noc2C2CC2)C3)c(F)c1. The van der Waals surface area contributed by atoms with Gasteiger partial charge in [-0.1, -0.05) is 34.4 Å². The molecule has 3 atom stereocenters. The summed E-state index contributed by atoms with van der Waals surface area (Å²) in [6, 6.07) is 10.3. The minimum atomic E-state index is -1.12. The Kier molecular flexibility index (Phi) is 6.18. The summed E-state index contributed by atoms with van der Waals surface area (Å²) >= 11 is 13.0. The maximum Gasteiger partial charge on any atom is 0.335 e. The number of piperidine rings is 1. The number of carbonyl (C=O) groups is 1. The van der Waals surface area contributed by atoms with Crippen LogP contribution in [0.25, 0.3) is 11.3 Å². The van der Waals surface area contributed by atoms with Gasteiger partial charge < -0.3 is 19.8 Å².